The molecule has 3 aromatic carbocycles. The van der Waals surface area contributed by atoms with Gasteiger partial charge in [-0.05, 0) is 67.4 Å². The van der Waals surface area contributed by atoms with Gasteiger partial charge in [-0.3, -0.25) is 9.69 Å². The van der Waals surface area contributed by atoms with Gasteiger partial charge in [-0.1, -0.05) is 41.9 Å². The minimum absolute atomic E-state index is 0.104. The van der Waals surface area contributed by atoms with E-state index in [9.17, 15) is 18.0 Å². The van der Waals surface area contributed by atoms with Crippen LogP contribution in [0.4, 0.5) is 18.9 Å². The van der Waals surface area contributed by atoms with E-state index in [0.717, 1.165) is 47.9 Å². The molecule has 2 aliphatic heterocycles. The third-order valence-electron chi connectivity index (χ3n) is 8.34. The van der Waals surface area contributed by atoms with Gasteiger partial charge < -0.3 is 14.4 Å². The van der Waals surface area contributed by atoms with Crippen molar-refractivity contribution >= 4 is 34.2 Å². The maximum atomic E-state index is 13.6. The van der Waals surface area contributed by atoms with Crippen LogP contribution >= 0.6 is 11.6 Å². The molecule has 6 rings (SSSR count). The van der Waals surface area contributed by atoms with E-state index in [1.165, 1.54) is 12.1 Å². The number of aromatic nitrogens is 2. The van der Waals surface area contributed by atoms with Gasteiger partial charge in [-0.25, -0.2) is 4.98 Å². The fourth-order valence-corrected chi connectivity index (χ4v) is 6.24. The molecule has 0 radical (unpaired) electrons. The summed E-state index contributed by atoms with van der Waals surface area (Å²) < 4.78 is 41.8. The summed E-state index contributed by atoms with van der Waals surface area (Å²) in [7, 11) is 0. The summed E-state index contributed by atoms with van der Waals surface area (Å²) in [6.45, 7) is 4.92. The number of piperidine rings is 1. The lowest BCUT2D eigenvalue weighted by molar-refractivity contribution is -0.138. The number of rotatable bonds is 6. The van der Waals surface area contributed by atoms with Crippen molar-refractivity contribution in [2.75, 3.05) is 44.2 Å². The van der Waals surface area contributed by atoms with Crippen LogP contribution in [0, 0.1) is 5.92 Å². The lowest BCUT2D eigenvalue weighted by atomic mass is 9.96. The second kappa shape index (κ2) is 12.0. The molecule has 42 heavy (non-hydrogen) atoms. The van der Waals surface area contributed by atoms with Crippen molar-refractivity contribution in [3.8, 4) is 0 Å². The van der Waals surface area contributed by atoms with Gasteiger partial charge in [0, 0.05) is 50.0 Å². The molecule has 0 saturated carbocycles. The molecule has 3 heterocycles. The van der Waals surface area contributed by atoms with Crippen molar-refractivity contribution in [3.05, 3.63) is 94.8 Å². The molecule has 6 nitrogen and oxygen atoms in total. The van der Waals surface area contributed by atoms with Crippen LogP contribution in [0.1, 0.15) is 29.8 Å². The van der Waals surface area contributed by atoms with Crippen LogP contribution in [-0.2, 0) is 24.1 Å². The number of carbonyl (C=O) groups is 1. The van der Waals surface area contributed by atoms with Crippen molar-refractivity contribution in [2.24, 2.45) is 5.92 Å². The van der Waals surface area contributed by atoms with Crippen LogP contribution in [0.3, 0.4) is 0 Å². The monoisotopic (exact) mass is 595 g/mol. The van der Waals surface area contributed by atoms with Gasteiger partial charge in [-0.2, -0.15) is 13.2 Å². The predicted molar refractivity (Wildman–Crippen MR) is 159 cm³/mol. The molecule has 1 aromatic heterocycles. The van der Waals surface area contributed by atoms with Gasteiger partial charge in [0.25, 0.3) is 0 Å². The van der Waals surface area contributed by atoms with Crippen LogP contribution < -0.4 is 4.90 Å². The number of carbonyl (C=O) groups excluding carboxylic acids is 1. The Balaban J connectivity index is 1.10. The number of imidazole rings is 1. The van der Waals surface area contributed by atoms with E-state index in [1.807, 2.05) is 52.3 Å². The molecule has 4 aromatic rings. The number of likely N-dealkylation sites (tertiary alicyclic amines) is 1. The Bertz CT molecular complexity index is 1550. The Morgan fingerprint density at radius 2 is 1.67 bits per heavy atom. The zero-order valence-corrected chi connectivity index (χ0v) is 24.0. The first-order chi connectivity index (χ1) is 20.2. The molecule has 2 fully saturated rings. The van der Waals surface area contributed by atoms with Crippen LogP contribution in [0.25, 0.3) is 11.0 Å². The summed E-state index contributed by atoms with van der Waals surface area (Å²) in [5.41, 5.74) is 3.06. The SMILES string of the molecule is O=C([C@@H]1CCCN(Cc2nc3ccccc3n2Cc2ccc(Cl)cc2)C1)N1CCN(c2cccc(C(F)(F)F)c2)CC1. The number of hydrogen-bond acceptors (Lipinski definition) is 4. The van der Waals surface area contributed by atoms with Gasteiger partial charge >= 0.3 is 6.18 Å². The molecule has 0 bridgehead atoms. The highest BCUT2D eigenvalue weighted by molar-refractivity contribution is 6.30. The Morgan fingerprint density at radius 1 is 0.905 bits per heavy atom. The van der Waals surface area contributed by atoms with Gasteiger partial charge in [0.15, 0.2) is 0 Å². The molecule has 2 aliphatic rings. The molecule has 0 aliphatic carbocycles. The summed E-state index contributed by atoms with van der Waals surface area (Å²) in [5, 5.41) is 0.704. The number of benzene rings is 3. The third kappa shape index (κ3) is 6.27. The first-order valence-electron chi connectivity index (χ1n) is 14.4. The number of alkyl halides is 3. The van der Waals surface area contributed by atoms with E-state index in [1.54, 1.807) is 6.07 Å². The van der Waals surface area contributed by atoms with Crippen LogP contribution in [0.2, 0.25) is 5.02 Å². The van der Waals surface area contributed by atoms with Crippen molar-refractivity contribution < 1.29 is 18.0 Å². The van der Waals surface area contributed by atoms with Gasteiger partial charge in [0.2, 0.25) is 5.91 Å². The summed E-state index contributed by atoms with van der Waals surface area (Å²) in [6, 6.07) is 21.4. The zero-order chi connectivity index (χ0) is 29.3. The molecule has 1 atom stereocenters. The molecule has 2 saturated heterocycles. The summed E-state index contributed by atoms with van der Waals surface area (Å²) in [6.07, 6.45) is -2.61. The van der Waals surface area contributed by atoms with E-state index in [4.69, 9.17) is 16.6 Å². The highest BCUT2D eigenvalue weighted by Gasteiger charge is 2.33. The number of anilines is 1. The normalized spacial score (nSPS) is 18.5. The maximum Gasteiger partial charge on any atom is 0.416 e. The van der Waals surface area contributed by atoms with Crippen molar-refractivity contribution in [3.63, 3.8) is 0 Å². The summed E-state index contributed by atoms with van der Waals surface area (Å²) >= 11 is 6.10. The molecule has 220 valence electrons. The Labute approximate surface area is 248 Å². The van der Waals surface area contributed by atoms with Crippen LogP contribution in [0.15, 0.2) is 72.8 Å². The van der Waals surface area contributed by atoms with Crippen molar-refractivity contribution in [2.45, 2.75) is 32.1 Å². The summed E-state index contributed by atoms with van der Waals surface area (Å²) in [4.78, 5) is 24.7. The highest BCUT2D eigenvalue weighted by Crippen LogP contribution is 2.32. The first-order valence-corrected chi connectivity index (χ1v) is 14.7. The number of halogens is 4. The number of hydrogen-bond donors (Lipinski definition) is 0. The van der Waals surface area contributed by atoms with E-state index >= 15 is 0 Å². The lowest BCUT2D eigenvalue weighted by Crippen LogP contribution is -2.52. The number of nitrogens with zero attached hydrogens (tertiary/aromatic N) is 5. The second-order valence-corrected chi connectivity index (χ2v) is 11.6. The Hall–Kier alpha value is -3.56. The highest BCUT2D eigenvalue weighted by atomic mass is 35.5. The fraction of sp³-hybridized carbons (Fsp3) is 0.375. The van der Waals surface area contributed by atoms with E-state index in [0.29, 0.717) is 56.5 Å². The molecule has 0 N–H and O–H groups in total. The maximum absolute atomic E-state index is 13.6. The van der Waals surface area contributed by atoms with E-state index < -0.39 is 11.7 Å². The van der Waals surface area contributed by atoms with Gasteiger partial charge in [-0.15, -0.1) is 0 Å². The van der Waals surface area contributed by atoms with E-state index in [-0.39, 0.29) is 11.8 Å². The molecular formula is C32H33ClF3N5O. The third-order valence-corrected chi connectivity index (χ3v) is 8.59. The molecular weight excluding hydrogens is 563 g/mol. The fourth-order valence-electron chi connectivity index (χ4n) is 6.12. The average molecular weight is 596 g/mol. The standard InChI is InChI=1S/C32H33ClF3N5O/c33-26-12-10-23(11-13-26)20-41-29-9-2-1-8-28(29)37-30(41)22-38-14-4-5-24(21-38)31(42)40-17-15-39(16-18-40)27-7-3-6-25(19-27)32(34,35)36/h1-3,6-13,19,24H,4-5,14-18,20-22H2/t24-/m1/s1. The molecule has 0 spiro atoms. The number of amides is 1. The minimum atomic E-state index is -4.37. The summed E-state index contributed by atoms with van der Waals surface area (Å²) in [5.74, 6) is 1.000. The van der Waals surface area contributed by atoms with E-state index in [2.05, 4.69) is 15.5 Å². The van der Waals surface area contributed by atoms with Gasteiger partial charge in [0.05, 0.1) is 29.1 Å². The van der Waals surface area contributed by atoms with Crippen LogP contribution in [0.5, 0.6) is 0 Å². The number of fused-ring (bicyclic) bond motifs is 1. The minimum Gasteiger partial charge on any atom is -0.368 e. The second-order valence-electron chi connectivity index (χ2n) is 11.2. The number of piperazine rings is 1. The zero-order valence-electron chi connectivity index (χ0n) is 23.2. The number of para-hydroxylation sites is 2. The Morgan fingerprint density at radius 3 is 2.43 bits per heavy atom. The predicted octanol–water partition coefficient (Wildman–Crippen LogP) is 6.32. The smallest absolute Gasteiger partial charge is 0.368 e. The first kappa shape index (κ1) is 28.6. The topological polar surface area (TPSA) is 44.6 Å². The molecule has 10 heteroatoms. The lowest BCUT2D eigenvalue weighted by Gasteiger charge is -2.39. The molecule has 1 amide bonds. The van der Waals surface area contributed by atoms with Gasteiger partial charge in [0.1, 0.15) is 5.82 Å². The van der Waals surface area contributed by atoms with Crippen molar-refractivity contribution in [1.29, 1.82) is 0 Å². The largest absolute Gasteiger partial charge is 0.416 e. The van der Waals surface area contributed by atoms with Crippen molar-refractivity contribution in [1.82, 2.24) is 19.4 Å². The van der Waals surface area contributed by atoms with Crippen LogP contribution in [-0.4, -0.2) is 64.5 Å². The average Bonchev–Trinajstić information content (AvgIpc) is 3.34. The quantitative estimate of drug-likeness (QED) is 0.262. The Kier molecular flexibility index (Phi) is 8.14. The molecule has 0 unspecified atom stereocenters.